The zero-order valence-electron chi connectivity index (χ0n) is 31.3. The Kier molecular flexibility index (Phi) is 6.94. The molecule has 0 heterocycles. The Hall–Kier alpha value is -7.28. The molecule has 0 atom stereocenters. The number of benzene rings is 11. The van der Waals surface area contributed by atoms with Gasteiger partial charge in [-0.2, -0.15) is 0 Å². The van der Waals surface area contributed by atoms with Crippen molar-refractivity contribution in [1.29, 1.82) is 0 Å². The lowest BCUT2D eigenvalue weighted by Gasteiger charge is -2.35. The van der Waals surface area contributed by atoms with Crippen LogP contribution in [0.4, 0.5) is 0 Å². The second kappa shape index (κ2) is 12.4. The predicted octanol–water partition coefficient (Wildman–Crippen LogP) is 15.1. The van der Waals surface area contributed by atoms with Crippen molar-refractivity contribution in [2.24, 2.45) is 0 Å². The predicted molar refractivity (Wildman–Crippen MR) is 241 cm³/mol. The van der Waals surface area contributed by atoms with E-state index in [1.54, 1.807) is 0 Å². The Labute approximate surface area is 332 Å². The molecule has 0 unspecified atom stereocenters. The molecule has 0 radical (unpaired) electrons. The Bertz CT molecular complexity index is 3280. The third kappa shape index (κ3) is 4.56. The minimum Gasteiger partial charge on any atom is -0.0622 e. The highest BCUT2D eigenvalue weighted by molar-refractivity contribution is 6.28. The molecule has 11 aromatic rings. The van der Waals surface area contributed by atoms with E-state index in [0.29, 0.717) is 0 Å². The summed E-state index contributed by atoms with van der Waals surface area (Å²) in [5, 5.41) is 10.3. The maximum absolute atomic E-state index is 2.46. The van der Waals surface area contributed by atoms with Gasteiger partial charge in [-0.05, 0) is 122 Å². The summed E-state index contributed by atoms with van der Waals surface area (Å²) in [5.74, 6) is 0. The van der Waals surface area contributed by atoms with Crippen LogP contribution in [0, 0.1) is 0 Å². The standard InChI is InChI=1S/C57H36/c1-4-15-37(16-5-1)40-18-14-19-41(35-40)45-31-27-38-30-34-49-47(32-28-39-29-33-48(45)53(38)54(39)49)51-36-42-17-10-11-24-46(42)56-55(51)50-25-12-13-26-52(50)57(56,43-20-6-2-7-21-43)44-22-8-3-9-23-44/h1-36H. The van der Waals surface area contributed by atoms with Gasteiger partial charge in [-0.3, -0.25) is 0 Å². The number of hydrogen-bond donors (Lipinski definition) is 0. The third-order valence-electron chi connectivity index (χ3n) is 12.7. The second-order valence-electron chi connectivity index (χ2n) is 15.5. The van der Waals surface area contributed by atoms with E-state index in [4.69, 9.17) is 0 Å². The average molecular weight is 721 g/mol. The van der Waals surface area contributed by atoms with Crippen LogP contribution in [0.1, 0.15) is 22.3 Å². The molecule has 11 aromatic carbocycles. The topological polar surface area (TPSA) is 0 Å². The maximum atomic E-state index is 2.46. The summed E-state index contributed by atoms with van der Waals surface area (Å²) in [6, 6.07) is 81.4. The average Bonchev–Trinajstić information content (AvgIpc) is 3.61. The highest BCUT2D eigenvalue weighted by Gasteiger charge is 2.48. The summed E-state index contributed by atoms with van der Waals surface area (Å²) in [7, 11) is 0. The van der Waals surface area contributed by atoms with E-state index in [2.05, 4.69) is 218 Å². The van der Waals surface area contributed by atoms with E-state index in [0.717, 1.165) is 0 Å². The first-order valence-corrected chi connectivity index (χ1v) is 19.9. The van der Waals surface area contributed by atoms with E-state index >= 15 is 0 Å². The van der Waals surface area contributed by atoms with Gasteiger partial charge in [-0.1, -0.05) is 206 Å². The van der Waals surface area contributed by atoms with Crippen molar-refractivity contribution in [3.8, 4) is 44.5 Å². The van der Waals surface area contributed by atoms with Crippen LogP contribution in [0.15, 0.2) is 218 Å². The molecule has 0 bridgehead atoms. The van der Waals surface area contributed by atoms with Gasteiger partial charge in [0.25, 0.3) is 0 Å². The molecule has 0 spiro atoms. The molecule has 1 aliphatic rings. The van der Waals surface area contributed by atoms with E-state index in [9.17, 15) is 0 Å². The van der Waals surface area contributed by atoms with Crippen LogP contribution in [-0.4, -0.2) is 0 Å². The summed E-state index contributed by atoms with van der Waals surface area (Å²) in [6.45, 7) is 0. The van der Waals surface area contributed by atoms with Crippen LogP contribution in [0.2, 0.25) is 0 Å². The lowest BCUT2D eigenvalue weighted by molar-refractivity contribution is 0.775. The summed E-state index contributed by atoms with van der Waals surface area (Å²) >= 11 is 0. The van der Waals surface area contributed by atoms with Crippen molar-refractivity contribution in [3.05, 3.63) is 241 Å². The summed E-state index contributed by atoms with van der Waals surface area (Å²) < 4.78 is 0. The summed E-state index contributed by atoms with van der Waals surface area (Å²) in [5.41, 5.74) is 14.9. The van der Waals surface area contributed by atoms with E-state index in [1.165, 1.54) is 110 Å². The van der Waals surface area contributed by atoms with Gasteiger partial charge >= 0.3 is 0 Å². The molecule has 0 heteroatoms. The Morgan fingerprint density at radius 1 is 0.281 bits per heavy atom. The number of fused-ring (bicyclic) bond motifs is 5. The molecule has 0 saturated carbocycles. The van der Waals surface area contributed by atoms with Crippen LogP contribution in [0.25, 0.3) is 87.6 Å². The molecule has 0 nitrogen and oxygen atoms in total. The molecule has 57 heavy (non-hydrogen) atoms. The largest absolute Gasteiger partial charge is 0.0719 e. The fourth-order valence-corrected chi connectivity index (χ4v) is 10.3. The summed E-state index contributed by atoms with van der Waals surface area (Å²) in [6.07, 6.45) is 0. The van der Waals surface area contributed by atoms with Gasteiger partial charge in [-0.15, -0.1) is 0 Å². The second-order valence-corrected chi connectivity index (χ2v) is 15.5. The lowest BCUT2D eigenvalue weighted by Crippen LogP contribution is -2.28. The van der Waals surface area contributed by atoms with Crippen molar-refractivity contribution in [2.75, 3.05) is 0 Å². The molecular weight excluding hydrogens is 685 g/mol. The molecular formula is C57H36. The zero-order chi connectivity index (χ0) is 37.5. The summed E-state index contributed by atoms with van der Waals surface area (Å²) in [4.78, 5) is 0. The molecule has 0 fully saturated rings. The Balaban J connectivity index is 1.17. The molecule has 0 N–H and O–H groups in total. The third-order valence-corrected chi connectivity index (χ3v) is 12.7. The van der Waals surface area contributed by atoms with Gasteiger partial charge in [0.1, 0.15) is 0 Å². The van der Waals surface area contributed by atoms with Gasteiger partial charge in [0.15, 0.2) is 0 Å². The van der Waals surface area contributed by atoms with Crippen molar-refractivity contribution in [1.82, 2.24) is 0 Å². The minimum absolute atomic E-state index is 0.503. The molecule has 264 valence electrons. The van der Waals surface area contributed by atoms with E-state index in [1.807, 2.05) is 0 Å². The van der Waals surface area contributed by atoms with E-state index in [-0.39, 0.29) is 0 Å². The smallest absolute Gasteiger partial charge is 0.0622 e. The van der Waals surface area contributed by atoms with Crippen LogP contribution in [0.5, 0.6) is 0 Å². The first-order valence-electron chi connectivity index (χ1n) is 19.9. The lowest BCUT2D eigenvalue weighted by atomic mass is 9.66. The normalized spacial score (nSPS) is 13.1. The Morgan fingerprint density at radius 2 is 0.825 bits per heavy atom. The van der Waals surface area contributed by atoms with Crippen molar-refractivity contribution in [3.63, 3.8) is 0 Å². The number of rotatable bonds is 5. The fourth-order valence-electron chi connectivity index (χ4n) is 10.3. The highest BCUT2D eigenvalue weighted by Crippen LogP contribution is 2.61. The van der Waals surface area contributed by atoms with Crippen molar-refractivity contribution < 1.29 is 0 Å². The maximum Gasteiger partial charge on any atom is 0.0719 e. The van der Waals surface area contributed by atoms with Crippen LogP contribution in [0.3, 0.4) is 0 Å². The molecule has 0 aliphatic heterocycles. The van der Waals surface area contributed by atoms with Crippen molar-refractivity contribution >= 4 is 43.1 Å². The van der Waals surface area contributed by atoms with E-state index < -0.39 is 5.41 Å². The molecule has 1 aliphatic carbocycles. The van der Waals surface area contributed by atoms with Crippen molar-refractivity contribution in [2.45, 2.75) is 5.41 Å². The van der Waals surface area contributed by atoms with Crippen LogP contribution >= 0.6 is 0 Å². The fraction of sp³-hybridized carbons (Fsp3) is 0.0175. The van der Waals surface area contributed by atoms with Gasteiger partial charge in [-0.25, -0.2) is 0 Å². The number of hydrogen-bond acceptors (Lipinski definition) is 0. The quantitative estimate of drug-likeness (QED) is 0.155. The Morgan fingerprint density at radius 3 is 1.54 bits per heavy atom. The first kappa shape index (κ1) is 32.0. The zero-order valence-corrected chi connectivity index (χ0v) is 31.3. The first-order chi connectivity index (χ1) is 28.3. The van der Waals surface area contributed by atoms with Gasteiger partial charge in [0.2, 0.25) is 0 Å². The van der Waals surface area contributed by atoms with Gasteiger partial charge in [0, 0.05) is 0 Å². The van der Waals surface area contributed by atoms with Gasteiger partial charge in [0.05, 0.1) is 5.41 Å². The molecule has 0 saturated heterocycles. The minimum atomic E-state index is -0.503. The SMILES string of the molecule is c1ccc(-c2cccc(-c3ccc4ccc5c(-c6cc7ccccc7c7c6-c6ccccc6C7(c6ccccc6)c6ccccc6)ccc6ccc3c4c65)c2)cc1. The highest BCUT2D eigenvalue weighted by atomic mass is 14.5. The molecule has 0 aromatic heterocycles. The van der Waals surface area contributed by atoms with Crippen LogP contribution < -0.4 is 0 Å². The van der Waals surface area contributed by atoms with Gasteiger partial charge < -0.3 is 0 Å². The molecule has 12 rings (SSSR count). The molecule has 0 amide bonds. The van der Waals surface area contributed by atoms with Crippen LogP contribution in [-0.2, 0) is 5.41 Å². The monoisotopic (exact) mass is 720 g/mol.